The van der Waals surface area contributed by atoms with E-state index in [-0.39, 0.29) is 49.1 Å². The number of hydrogen-bond donors (Lipinski definition) is 4. The van der Waals surface area contributed by atoms with Crippen LogP contribution in [0.2, 0.25) is 0 Å². The molecule has 0 bridgehead atoms. The first-order valence-corrected chi connectivity index (χ1v) is 18.6. The van der Waals surface area contributed by atoms with Gasteiger partial charge in [-0.05, 0) is 86.2 Å². The average Bonchev–Trinajstić information content (AvgIpc) is 3.55. The minimum Gasteiger partial charge on any atom is -0.463 e. The van der Waals surface area contributed by atoms with E-state index in [1.807, 2.05) is 27.0 Å². The van der Waals surface area contributed by atoms with Crippen LogP contribution >= 0.6 is 0 Å². The second kappa shape index (κ2) is 17.8. The molecule has 2 aromatic heterocycles. The summed E-state index contributed by atoms with van der Waals surface area (Å²) in [7, 11) is 1.94. The fraction of sp³-hybridized carbons (Fsp3) is 0.415. The van der Waals surface area contributed by atoms with Gasteiger partial charge < -0.3 is 35.7 Å². The second-order valence-corrected chi connectivity index (χ2v) is 13.8. The Morgan fingerprint density at radius 1 is 1.13 bits per heavy atom. The molecule has 0 saturated carbocycles. The number of nitrogens with zero attached hydrogens (tertiary/aromatic N) is 2. The third kappa shape index (κ3) is 8.30. The molecule has 55 heavy (non-hydrogen) atoms. The van der Waals surface area contributed by atoms with Crippen molar-refractivity contribution in [2.75, 3.05) is 18.9 Å². The van der Waals surface area contributed by atoms with Crippen LogP contribution in [0.4, 0.5) is 10.1 Å². The van der Waals surface area contributed by atoms with Gasteiger partial charge in [-0.1, -0.05) is 39.3 Å². The van der Waals surface area contributed by atoms with Crippen molar-refractivity contribution in [3.05, 3.63) is 91.5 Å². The number of amides is 2. The van der Waals surface area contributed by atoms with E-state index >= 15 is 0 Å². The van der Waals surface area contributed by atoms with Crippen LogP contribution in [0.15, 0.2) is 41.2 Å². The highest BCUT2D eigenvalue weighted by Crippen LogP contribution is 2.45. The van der Waals surface area contributed by atoms with Crippen molar-refractivity contribution in [2.45, 2.75) is 98.1 Å². The molecule has 3 aliphatic rings. The van der Waals surface area contributed by atoms with E-state index in [2.05, 4.69) is 34.5 Å². The molecule has 14 heteroatoms. The minimum absolute atomic E-state index is 0.0100. The van der Waals surface area contributed by atoms with E-state index in [1.54, 1.807) is 35.8 Å². The van der Waals surface area contributed by atoms with Gasteiger partial charge >= 0.3 is 5.97 Å². The molecule has 2 aliphatic heterocycles. The minimum atomic E-state index is -0.677. The number of hydrogen-bond acceptors (Lipinski definition) is 10. The van der Waals surface area contributed by atoms with Gasteiger partial charge in [0, 0.05) is 28.7 Å². The number of carbonyl (C=O) groups is 4. The number of anilines is 1. The highest BCUT2D eigenvalue weighted by Gasteiger charge is 2.37. The maximum absolute atomic E-state index is 14.7. The molecule has 4 aromatic rings. The quantitative estimate of drug-likeness (QED) is 0.120. The monoisotopic (exact) mass is 756 g/mol. The molecule has 0 fully saturated rings. The van der Waals surface area contributed by atoms with Gasteiger partial charge in [0.2, 0.25) is 11.8 Å². The number of nitrogens with one attached hydrogen (secondary N) is 3. The lowest BCUT2D eigenvalue weighted by molar-refractivity contribution is -0.148. The van der Waals surface area contributed by atoms with Gasteiger partial charge in [0.15, 0.2) is 0 Å². The van der Waals surface area contributed by atoms with Crippen LogP contribution in [0.5, 0.6) is 0 Å². The fourth-order valence-corrected chi connectivity index (χ4v) is 7.30. The van der Waals surface area contributed by atoms with Crippen molar-refractivity contribution >= 4 is 40.8 Å². The van der Waals surface area contributed by atoms with E-state index in [0.29, 0.717) is 47.5 Å². The summed E-state index contributed by atoms with van der Waals surface area (Å²) in [4.78, 5) is 63.6. The van der Waals surface area contributed by atoms with Crippen molar-refractivity contribution in [2.24, 2.45) is 5.73 Å². The Morgan fingerprint density at radius 2 is 1.84 bits per heavy atom. The molecule has 5 N–H and O–H groups in total. The topological polar surface area (TPSA) is 184 Å². The zero-order valence-corrected chi connectivity index (χ0v) is 32.1. The smallest absolute Gasteiger partial charge is 0.313 e. The lowest BCUT2D eigenvalue weighted by atomic mass is 9.82. The molecule has 2 amide bonds. The summed E-state index contributed by atoms with van der Waals surface area (Å²) < 4.78 is 26.4. The van der Waals surface area contributed by atoms with E-state index in [1.165, 1.54) is 12.5 Å². The zero-order chi connectivity index (χ0) is 40.0. The standard InChI is InChI=1S/C25H24FN3O3.C13H17N3O4.C3H8/c1-4-12-14-7-20-23-15(9-29(20)24(30)16(14)10-32-25(12)31)22-18(27-3)6-5-13-11(2)17(26)8-19(28-23)21(13)22;1-9(15-12(18)6-14)13(19)16-11-4-2-10(3-5-11)7-20-8-17;1-3-2/h7-8,12,18,27H,4-6,9-10H2,1-3H3;2-5,8-9H,6-7,14H2,1H3,(H,15,18)(H,16,19);3H2,1-2H3/t12-,18?;;/m1../s1. The summed E-state index contributed by atoms with van der Waals surface area (Å²) >= 11 is 0. The molecular formula is C41H49FN6O7. The molecular weight excluding hydrogens is 707 g/mol. The van der Waals surface area contributed by atoms with E-state index in [0.717, 1.165) is 51.7 Å². The predicted molar refractivity (Wildman–Crippen MR) is 207 cm³/mol. The zero-order valence-electron chi connectivity index (χ0n) is 32.1. The number of nitrogens with two attached hydrogens (primary N) is 1. The summed E-state index contributed by atoms with van der Waals surface area (Å²) in [5.74, 6) is -1.72. The number of aryl methyl sites for hydroxylation is 1. The molecule has 0 spiro atoms. The second-order valence-electron chi connectivity index (χ2n) is 13.8. The van der Waals surface area contributed by atoms with Crippen molar-refractivity contribution < 1.29 is 33.0 Å². The summed E-state index contributed by atoms with van der Waals surface area (Å²) in [6.07, 6.45) is 3.47. The predicted octanol–water partition coefficient (Wildman–Crippen LogP) is 4.81. The van der Waals surface area contributed by atoms with Crippen LogP contribution in [0.1, 0.15) is 97.9 Å². The summed E-state index contributed by atoms with van der Waals surface area (Å²) in [6.45, 7) is 10.4. The number of benzene rings is 2. The van der Waals surface area contributed by atoms with Crippen molar-refractivity contribution in [1.82, 2.24) is 20.2 Å². The van der Waals surface area contributed by atoms with Gasteiger partial charge in [-0.2, -0.15) is 0 Å². The largest absolute Gasteiger partial charge is 0.463 e. The molecule has 2 aromatic carbocycles. The van der Waals surface area contributed by atoms with E-state index in [9.17, 15) is 28.4 Å². The van der Waals surface area contributed by atoms with Gasteiger partial charge in [-0.25, -0.2) is 9.37 Å². The lowest BCUT2D eigenvalue weighted by Gasteiger charge is -2.28. The fourth-order valence-electron chi connectivity index (χ4n) is 7.30. The Hall–Kier alpha value is -5.47. The Labute approximate surface area is 319 Å². The van der Waals surface area contributed by atoms with Crippen LogP contribution < -0.4 is 27.2 Å². The molecule has 13 nitrogen and oxygen atoms in total. The van der Waals surface area contributed by atoms with E-state index < -0.39 is 17.9 Å². The third-order valence-corrected chi connectivity index (χ3v) is 10.0. The number of halogens is 1. The maximum atomic E-state index is 14.7. The van der Waals surface area contributed by atoms with Gasteiger partial charge in [0.1, 0.15) is 25.1 Å². The van der Waals surface area contributed by atoms with Gasteiger partial charge in [0.05, 0.1) is 41.5 Å². The summed E-state index contributed by atoms with van der Waals surface area (Å²) in [5.41, 5.74) is 13.6. The van der Waals surface area contributed by atoms with Crippen LogP contribution in [0, 0.1) is 12.7 Å². The Morgan fingerprint density at radius 3 is 2.47 bits per heavy atom. The molecule has 4 heterocycles. The normalized spacial score (nSPS) is 16.5. The number of rotatable bonds is 9. The van der Waals surface area contributed by atoms with Crippen LogP contribution in [-0.4, -0.2) is 53.4 Å². The number of cyclic esters (lactones) is 1. The third-order valence-electron chi connectivity index (χ3n) is 10.0. The first-order valence-electron chi connectivity index (χ1n) is 18.6. The number of esters is 1. The maximum Gasteiger partial charge on any atom is 0.313 e. The molecule has 3 atom stereocenters. The van der Waals surface area contributed by atoms with E-state index in [4.69, 9.17) is 15.5 Å². The van der Waals surface area contributed by atoms with Crippen molar-refractivity contribution in [1.29, 1.82) is 0 Å². The molecule has 1 aliphatic carbocycles. The number of carbonyl (C=O) groups excluding carboxylic acids is 4. The molecule has 2 unspecified atom stereocenters. The van der Waals surface area contributed by atoms with Crippen LogP contribution in [0.25, 0.3) is 22.3 Å². The van der Waals surface area contributed by atoms with Crippen LogP contribution in [-0.2, 0) is 54.8 Å². The SMILES string of the molecule is CC(NC(=O)CN)C(=O)Nc1ccc(COC=O)cc1.CCC.CC[C@H]1C(=O)OCc2c1cc1n(c2=O)Cc2c-1nc1cc(F)c(C)c3c1c2C(NC)CC3. The van der Waals surface area contributed by atoms with Gasteiger partial charge in [0.25, 0.3) is 12.0 Å². The molecule has 0 radical (unpaired) electrons. The van der Waals surface area contributed by atoms with Crippen LogP contribution in [0.3, 0.4) is 0 Å². The number of fused-ring (bicyclic) bond motifs is 5. The molecule has 7 rings (SSSR count). The number of ether oxygens (including phenoxy) is 2. The molecule has 0 saturated heterocycles. The first kappa shape index (κ1) is 40.7. The number of pyridine rings is 2. The molecule has 292 valence electrons. The lowest BCUT2D eigenvalue weighted by Crippen LogP contribution is -2.44. The van der Waals surface area contributed by atoms with Crippen molar-refractivity contribution in [3.8, 4) is 11.4 Å². The Balaban J connectivity index is 0.000000218. The Kier molecular flexibility index (Phi) is 13.2. The van der Waals surface area contributed by atoms with Gasteiger partial charge in [-0.15, -0.1) is 0 Å². The highest BCUT2D eigenvalue weighted by molar-refractivity contribution is 5.97. The summed E-state index contributed by atoms with van der Waals surface area (Å²) in [6, 6.07) is 9.69. The Bertz CT molecular complexity index is 2170. The van der Waals surface area contributed by atoms with Crippen molar-refractivity contribution in [3.63, 3.8) is 0 Å². The highest BCUT2D eigenvalue weighted by atomic mass is 19.1. The van der Waals surface area contributed by atoms with Gasteiger partial charge in [-0.3, -0.25) is 24.0 Å². The summed E-state index contributed by atoms with van der Waals surface area (Å²) in [5, 5.41) is 9.53. The first-order chi connectivity index (χ1) is 26.4. The average molecular weight is 757 g/mol. The number of aromatic nitrogens is 2.